The Morgan fingerprint density at radius 2 is 1.58 bits per heavy atom. The molecule has 0 saturated heterocycles. The van der Waals surface area contributed by atoms with Gasteiger partial charge in [-0.15, -0.1) is 0 Å². The first-order chi connectivity index (χ1) is 15.1. The summed E-state index contributed by atoms with van der Waals surface area (Å²) in [7, 11) is -3.71. The first-order valence-corrected chi connectivity index (χ1v) is 11.0. The van der Waals surface area contributed by atoms with Gasteiger partial charge in [-0.2, -0.15) is 26.3 Å². The van der Waals surface area contributed by atoms with Crippen LogP contribution in [-0.2, 0) is 27.2 Å². The summed E-state index contributed by atoms with van der Waals surface area (Å²) in [5, 5.41) is 1.95. The second kappa shape index (κ2) is 8.86. The zero-order chi connectivity index (χ0) is 24.6. The molecule has 0 bridgehead atoms. The van der Waals surface area contributed by atoms with Crippen LogP contribution in [0.15, 0.2) is 41.3 Å². The molecule has 1 aliphatic rings. The van der Waals surface area contributed by atoms with Gasteiger partial charge in [-0.1, -0.05) is 0 Å². The van der Waals surface area contributed by atoms with Crippen LogP contribution in [0.25, 0.3) is 0 Å². The highest BCUT2D eigenvalue weighted by atomic mass is 32.2. The van der Waals surface area contributed by atoms with E-state index in [1.807, 2.05) is 5.32 Å². The maximum atomic E-state index is 12.9. The van der Waals surface area contributed by atoms with Crippen LogP contribution in [0.2, 0.25) is 0 Å². The Kier molecular flexibility index (Phi) is 6.67. The molecule has 1 aliphatic carbocycles. The van der Waals surface area contributed by atoms with Gasteiger partial charge in [-0.25, -0.2) is 13.1 Å². The van der Waals surface area contributed by atoms with Gasteiger partial charge in [0.2, 0.25) is 10.0 Å². The summed E-state index contributed by atoms with van der Waals surface area (Å²) in [5.74, 6) is -0.885. The lowest BCUT2D eigenvalue weighted by molar-refractivity contribution is -0.143. The number of aryl methyl sites for hydroxylation is 1. The molecule has 0 aliphatic heterocycles. The number of ether oxygens (including phenoxy) is 1. The van der Waals surface area contributed by atoms with Gasteiger partial charge in [0, 0.05) is 11.7 Å². The molecule has 33 heavy (non-hydrogen) atoms. The van der Waals surface area contributed by atoms with Gasteiger partial charge < -0.3 is 10.1 Å². The number of alkyl halides is 6. The van der Waals surface area contributed by atoms with Crippen LogP contribution >= 0.6 is 0 Å². The van der Waals surface area contributed by atoms with Gasteiger partial charge in [0.25, 0.3) is 5.91 Å². The maximum absolute atomic E-state index is 12.9. The van der Waals surface area contributed by atoms with Crippen molar-refractivity contribution in [2.24, 2.45) is 0 Å². The predicted molar refractivity (Wildman–Crippen MR) is 105 cm³/mol. The van der Waals surface area contributed by atoms with Crippen molar-refractivity contribution in [2.45, 2.75) is 43.1 Å². The van der Waals surface area contributed by atoms with Crippen molar-refractivity contribution >= 4 is 21.6 Å². The lowest BCUT2D eigenvalue weighted by Gasteiger charge is -2.15. The molecule has 0 heterocycles. The van der Waals surface area contributed by atoms with E-state index in [9.17, 15) is 39.6 Å². The summed E-state index contributed by atoms with van der Waals surface area (Å²) in [6.07, 6.45) is -8.59. The number of nitrogens with one attached hydrogen (secondary N) is 2. The SMILES string of the molecule is Cc1cc(S(=O)(=O)NC2CC2)ccc1OCC(=O)Nc1cc(C(F)(F)F)cc(C(F)(F)F)c1. The van der Waals surface area contributed by atoms with E-state index in [-0.39, 0.29) is 22.8 Å². The lowest BCUT2D eigenvalue weighted by Crippen LogP contribution is -2.25. The fourth-order valence-corrected chi connectivity index (χ4v) is 4.20. The quantitative estimate of drug-likeness (QED) is 0.554. The predicted octanol–water partition coefficient (Wildman–Crippen LogP) is 4.49. The standard InChI is InChI=1S/C20H18F6N2O4S/c1-11-6-16(33(30,31)28-14-2-3-14)4-5-17(11)32-10-18(29)27-15-8-12(19(21,22)23)7-13(9-15)20(24,25)26/h4-9,14,28H,2-3,10H2,1H3,(H,27,29). The number of hydrogen-bond acceptors (Lipinski definition) is 4. The highest BCUT2D eigenvalue weighted by molar-refractivity contribution is 7.89. The van der Waals surface area contributed by atoms with Crippen molar-refractivity contribution < 1.29 is 44.3 Å². The molecule has 0 unspecified atom stereocenters. The molecule has 1 saturated carbocycles. The minimum absolute atomic E-state index is 0.00709. The van der Waals surface area contributed by atoms with Crippen molar-refractivity contribution in [3.05, 3.63) is 53.1 Å². The van der Waals surface area contributed by atoms with Crippen molar-refractivity contribution in [3.8, 4) is 5.75 Å². The summed E-state index contributed by atoms with van der Waals surface area (Å²) in [6.45, 7) is 0.788. The van der Waals surface area contributed by atoms with Gasteiger partial charge >= 0.3 is 12.4 Å². The number of anilines is 1. The van der Waals surface area contributed by atoms with Gasteiger partial charge in [0.15, 0.2) is 6.61 Å². The highest BCUT2D eigenvalue weighted by Crippen LogP contribution is 2.37. The van der Waals surface area contributed by atoms with E-state index in [2.05, 4.69) is 4.72 Å². The molecule has 0 radical (unpaired) electrons. The molecule has 2 aromatic carbocycles. The van der Waals surface area contributed by atoms with Crippen LogP contribution in [-0.4, -0.2) is 27.0 Å². The number of benzene rings is 2. The number of carbonyl (C=O) groups excluding carboxylic acids is 1. The second-order valence-electron chi connectivity index (χ2n) is 7.45. The Hall–Kier alpha value is -2.80. The third-order valence-corrected chi connectivity index (χ3v) is 6.10. The first kappa shape index (κ1) is 24.8. The molecule has 13 heteroatoms. The van der Waals surface area contributed by atoms with Crippen LogP contribution in [0.1, 0.15) is 29.5 Å². The number of hydrogen-bond donors (Lipinski definition) is 2. The summed E-state index contributed by atoms with van der Waals surface area (Å²) in [6, 6.07) is 4.49. The zero-order valence-corrected chi connectivity index (χ0v) is 17.8. The number of halogens is 6. The molecule has 180 valence electrons. The van der Waals surface area contributed by atoms with E-state index in [4.69, 9.17) is 4.74 Å². The third kappa shape index (κ3) is 6.60. The van der Waals surface area contributed by atoms with Crippen molar-refractivity contribution in [2.75, 3.05) is 11.9 Å². The summed E-state index contributed by atoms with van der Waals surface area (Å²) < 4.78 is 110. The molecule has 3 rings (SSSR count). The zero-order valence-electron chi connectivity index (χ0n) is 17.0. The molecule has 0 spiro atoms. The topological polar surface area (TPSA) is 84.5 Å². The average Bonchev–Trinajstić information content (AvgIpc) is 3.48. The van der Waals surface area contributed by atoms with Crippen molar-refractivity contribution in [3.63, 3.8) is 0 Å². The summed E-state index contributed by atoms with van der Waals surface area (Å²) >= 11 is 0. The molecular weight excluding hydrogens is 478 g/mol. The monoisotopic (exact) mass is 496 g/mol. The van der Waals surface area contributed by atoms with Gasteiger partial charge in [0.05, 0.1) is 16.0 Å². The van der Waals surface area contributed by atoms with E-state index in [0.717, 1.165) is 12.8 Å². The minimum atomic E-state index is -5.05. The van der Waals surface area contributed by atoms with E-state index >= 15 is 0 Å². The van der Waals surface area contributed by atoms with E-state index in [0.29, 0.717) is 17.7 Å². The Balaban J connectivity index is 1.69. The molecule has 1 fully saturated rings. The summed E-state index contributed by atoms with van der Waals surface area (Å²) in [4.78, 5) is 12.1. The minimum Gasteiger partial charge on any atom is -0.483 e. The maximum Gasteiger partial charge on any atom is 0.416 e. The number of amides is 1. The van der Waals surface area contributed by atoms with Crippen LogP contribution in [0, 0.1) is 6.92 Å². The largest absolute Gasteiger partial charge is 0.483 e. The molecule has 0 aromatic heterocycles. The second-order valence-corrected chi connectivity index (χ2v) is 9.17. The van der Waals surface area contributed by atoms with Crippen LogP contribution in [0.3, 0.4) is 0 Å². The molecule has 2 aromatic rings. The van der Waals surface area contributed by atoms with Crippen molar-refractivity contribution in [1.29, 1.82) is 0 Å². The van der Waals surface area contributed by atoms with E-state index in [1.54, 1.807) is 0 Å². The summed E-state index contributed by atoms with van der Waals surface area (Å²) in [5.41, 5.74) is -3.48. The fraction of sp³-hybridized carbons (Fsp3) is 0.350. The Morgan fingerprint density at radius 1 is 1.00 bits per heavy atom. The Bertz CT molecular complexity index is 1130. The molecule has 1 amide bonds. The molecule has 2 N–H and O–H groups in total. The average molecular weight is 496 g/mol. The molecular formula is C20H18F6N2O4S. The Labute approximate surface area is 185 Å². The molecule has 6 nitrogen and oxygen atoms in total. The first-order valence-electron chi connectivity index (χ1n) is 9.50. The number of carbonyl (C=O) groups is 1. The van der Waals surface area contributed by atoms with Crippen LogP contribution in [0.4, 0.5) is 32.0 Å². The van der Waals surface area contributed by atoms with Gasteiger partial charge in [-0.05, 0) is 61.7 Å². The van der Waals surface area contributed by atoms with Gasteiger partial charge in [-0.3, -0.25) is 4.79 Å². The smallest absolute Gasteiger partial charge is 0.416 e. The fourth-order valence-electron chi connectivity index (χ4n) is 2.81. The van der Waals surface area contributed by atoms with E-state index < -0.39 is 51.7 Å². The van der Waals surface area contributed by atoms with Crippen LogP contribution in [0.5, 0.6) is 5.75 Å². The Morgan fingerprint density at radius 3 is 2.06 bits per heavy atom. The normalized spacial score (nSPS) is 14.8. The van der Waals surface area contributed by atoms with Crippen LogP contribution < -0.4 is 14.8 Å². The molecule has 0 atom stereocenters. The third-order valence-electron chi connectivity index (χ3n) is 4.59. The van der Waals surface area contributed by atoms with Crippen molar-refractivity contribution in [1.82, 2.24) is 4.72 Å². The highest BCUT2D eigenvalue weighted by Gasteiger charge is 2.37. The van der Waals surface area contributed by atoms with E-state index in [1.165, 1.54) is 25.1 Å². The number of sulfonamides is 1. The lowest BCUT2D eigenvalue weighted by atomic mass is 10.1. The van der Waals surface area contributed by atoms with Gasteiger partial charge in [0.1, 0.15) is 5.75 Å². The number of rotatable bonds is 7.